The van der Waals surface area contributed by atoms with Gasteiger partial charge in [0, 0.05) is 20.1 Å². The molecule has 110 valence electrons. The number of nitrogen functional groups attached to an aromatic ring is 1. The second-order valence-corrected chi connectivity index (χ2v) is 5.55. The first-order chi connectivity index (χ1) is 9.55. The number of nitrogens with one attached hydrogen (secondary N) is 1. The number of rotatable bonds is 5. The highest BCUT2D eigenvalue weighted by Gasteiger charge is 2.39. The van der Waals surface area contributed by atoms with Gasteiger partial charge in [-0.15, -0.1) is 0 Å². The Hall–Kier alpha value is -1.75. The third-order valence-corrected chi connectivity index (χ3v) is 3.91. The summed E-state index contributed by atoms with van der Waals surface area (Å²) in [5, 5.41) is 2.74. The molecule has 1 amide bonds. The molecule has 2 rings (SSSR count). The molecule has 1 fully saturated rings. The van der Waals surface area contributed by atoms with Gasteiger partial charge in [0.05, 0.1) is 11.1 Å². The number of hydrogen-bond acceptors (Lipinski definition) is 4. The van der Waals surface area contributed by atoms with Crippen molar-refractivity contribution in [1.82, 2.24) is 10.2 Å². The summed E-state index contributed by atoms with van der Waals surface area (Å²) in [6, 6.07) is 7.49. The summed E-state index contributed by atoms with van der Waals surface area (Å²) in [7, 11) is 1.69. The number of benzene rings is 1. The van der Waals surface area contributed by atoms with Gasteiger partial charge in [-0.1, -0.05) is 12.1 Å². The number of nitrogens with zero attached hydrogens (tertiary/aromatic N) is 1. The standard InChI is InChI=1S/C15H23N3O2/c1-15(14(19)17-2)7-8-18(11-15)9-10-20-13-6-4-3-5-12(13)16/h3-6H,7-11,16H2,1-2H3,(H,17,19). The molecule has 1 unspecified atom stereocenters. The molecule has 3 N–H and O–H groups in total. The molecular formula is C15H23N3O2. The number of likely N-dealkylation sites (tertiary alicyclic amines) is 1. The average molecular weight is 277 g/mol. The molecule has 1 aliphatic rings. The van der Waals surface area contributed by atoms with Crippen LogP contribution in [0.2, 0.25) is 0 Å². The minimum atomic E-state index is -0.277. The first kappa shape index (κ1) is 14.7. The summed E-state index contributed by atoms with van der Waals surface area (Å²) < 4.78 is 5.69. The monoisotopic (exact) mass is 277 g/mol. The lowest BCUT2D eigenvalue weighted by atomic mass is 9.89. The lowest BCUT2D eigenvalue weighted by Gasteiger charge is -2.22. The van der Waals surface area contributed by atoms with E-state index in [0.29, 0.717) is 12.3 Å². The van der Waals surface area contributed by atoms with Gasteiger partial charge in [0.2, 0.25) is 5.91 Å². The highest BCUT2D eigenvalue weighted by molar-refractivity contribution is 5.82. The molecule has 1 aliphatic heterocycles. The van der Waals surface area contributed by atoms with Gasteiger partial charge < -0.3 is 15.8 Å². The van der Waals surface area contributed by atoms with Gasteiger partial charge in [0.25, 0.3) is 0 Å². The van der Waals surface area contributed by atoms with Crippen LogP contribution in [0.5, 0.6) is 5.75 Å². The number of para-hydroxylation sites is 2. The Morgan fingerprint density at radius 1 is 1.50 bits per heavy atom. The summed E-state index contributed by atoms with van der Waals surface area (Å²) in [6.45, 7) is 5.11. The number of nitrogens with two attached hydrogens (primary N) is 1. The van der Waals surface area contributed by atoms with E-state index in [-0.39, 0.29) is 11.3 Å². The second kappa shape index (κ2) is 6.13. The summed E-state index contributed by atoms with van der Waals surface area (Å²) >= 11 is 0. The van der Waals surface area contributed by atoms with Crippen molar-refractivity contribution < 1.29 is 9.53 Å². The van der Waals surface area contributed by atoms with Crippen LogP contribution >= 0.6 is 0 Å². The van der Waals surface area contributed by atoms with Crippen molar-refractivity contribution in [1.29, 1.82) is 0 Å². The Bertz CT molecular complexity index is 478. The number of anilines is 1. The van der Waals surface area contributed by atoms with Crippen LogP contribution in [0.1, 0.15) is 13.3 Å². The number of amides is 1. The number of carbonyl (C=O) groups is 1. The molecule has 1 aromatic carbocycles. The maximum absolute atomic E-state index is 11.8. The molecule has 1 aromatic rings. The maximum Gasteiger partial charge on any atom is 0.227 e. The SMILES string of the molecule is CNC(=O)C1(C)CCN(CCOc2ccccc2N)C1. The van der Waals surface area contributed by atoms with Crippen molar-refractivity contribution in [3.05, 3.63) is 24.3 Å². The molecule has 0 aromatic heterocycles. The molecular weight excluding hydrogens is 254 g/mol. The molecule has 0 radical (unpaired) electrons. The maximum atomic E-state index is 11.8. The van der Waals surface area contributed by atoms with E-state index in [9.17, 15) is 4.79 Å². The zero-order chi connectivity index (χ0) is 14.6. The molecule has 5 heteroatoms. The first-order valence-corrected chi connectivity index (χ1v) is 6.97. The molecule has 20 heavy (non-hydrogen) atoms. The summed E-state index contributed by atoms with van der Waals surface area (Å²) in [5.74, 6) is 0.842. The second-order valence-electron chi connectivity index (χ2n) is 5.55. The molecule has 5 nitrogen and oxygen atoms in total. The minimum Gasteiger partial charge on any atom is -0.490 e. The molecule has 1 saturated heterocycles. The van der Waals surface area contributed by atoms with Crippen LogP contribution in [0, 0.1) is 5.41 Å². The quantitative estimate of drug-likeness (QED) is 0.791. The van der Waals surface area contributed by atoms with Gasteiger partial charge in [0.15, 0.2) is 0 Å². The van der Waals surface area contributed by atoms with Gasteiger partial charge in [-0.05, 0) is 32.0 Å². The van der Waals surface area contributed by atoms with E-state index in [1.807, 2.05) is 31.2 Å². The third kappa shape index (κ3) is 3.22. The number of ether oxygens (including phenoxy) is 1. The Balaban J connectivity index is 1.79. The Morgan fingerprint density at radius 2 is 2.25 bits per heavy atom. The Morgan fingerprint density at radius 3 is 2.95 bits per heavy atom. The third-order valence-electron chi connectivity index (χ3n) is 3.91. The van der Waals surface area contributed by atoms with Crippen molar-refractivity contribution in [3.63, 3.8) is 0 Å². The van der Waals surface area contributed by atoms with E-state index in [1.165, 1.54) is 0 Å². The first-order valence-electron chi connectivity index (χ1n) is 6.97. The fraction of sp³-hybridized carbons (Fsp3) is 0.533. The molecule has 0 saturated carbocycles. The van der Waals surface area contributed by atoms with Crippen LogP contribution in [0.25, 0.3) is 0 Å². The topological polar surface area (TPSA) is 67.6 Å². The zero-order valence-corrected chi connectivity index (χ0v) is 12.2. The van der Waals surface area contributed by atoms with Gasteiger partial charge >= 0.3 is 0 Å². The van der Waals surface area contributed by atoms with E-state index in [2.05, 4.69) is 10.2 Å². The molecule has 0 bridgehead atoms. The van der Waals surface area contributed by atoms with Crippen LogP contribution in [0.4, 0.5) is 5.69 Å². The van der Waals surface area contributed by atoms with Crippen molar-refractivity contribution in [2.24, 2.45) is 5.41 Å². The van der Waals surface area contributed by atoms with Gasteiger partial charge in [-0.2, -0.15) is 0 Å². The van der Waals surface area contributed by atoms with Crippen molar-refractivity contribution in [2.75, 3.05) is 39.0 Å². The fourth-order valence-corrected chi connectivity index (χ4v) is 2.63. The van der Waals surface area contributed by atoms with Crippen molar-refractivity contribution >= 4 is 11.6 Å². The van der Waals surface area contributed by atoms with Crippen LogP contribution in [-0.2, 0) is 4.79 Å². The summed E-state index contributed by atoms with van der Waals surface area (Å²) in [4.78, 5) is 14.1. The molecule has 1 heterocycles. The average Bonchev–Trinajstić information content (AvgIpc) is 2.83. The van der Waals surface area contributed by atoms with Crippen molar-refractivity contribution in [3.8, 4) is 5.75 Å². The molecule has 0 aliphatic carbocycles. The summed E-state index contributed by atoms with van der Waals surface area (Å²) in [5.41, 5.74) is 6.20. The van der Waals surface area contributed by atoms with Crippen LogP contribution < -0.4 is 15.8 Å². The predicted molar refractivity (Wildman–Crippen MR) is 79.6 cm³/mol. The van der Waals surface area contributed by atoms with Gasteiger partial charge in [-0.3, -0.25) is 9.69 Å². The zero-order valence-electron chi connectivity index (χ0n) is 12.2. The van der Waals surface area contributed by atoms with E-state index < -0.39 is 0 Å². The molecule has 0 spiro atoms. The van der Waals surface area contributed by atoms with Crippen LogP contribution in [0.3, 0.4) is 0 Å². The van der Waals surface area contributed by atoms with Gasteiger partial charge in [-0.25, -0.2) is 0 Å². The minimum absolute atomic E-state index is 0.119. The van der Waals surface area contributed by atoms with E-state index in [0.717, 1.165) is 31.8 Å². The normalized spacial score (nSPS) is 22.7. The van der Waals surface area contributed by atoms with E-state index >= 15 is 0 Å². The lowest BCUT2D eigenvalue weighted by molar-refractivity contribution is -0.129. The van der Waals surface area contributed by atoms with Crippen LogP contribution in [0.15, 0.2) is 24.3 Å². The number of hydrogen-bond donors (Lipinski definition) is 2. The molecule has 1 atom stereocenters. The number of carbonyl (C=O) groups excluding carboxylic acids is 1. The fourth-order valence-electron chi connectivity index (χ4n) is 2.63. The van der Waals surface area contributed by atoms with E-state index in [1.54, 1.807) is 7.05 Å². The smallest absolute Gasteiger partial charge is 0.227 e. The largest absolute Gasteiger partial charge is 0.490 e. The highest BCUT2D eigenvalue weighted by atomic mass is 16.5. The predicted octanol–water partition coefficient (Wildman–Crippen LogP) is 1.11. The lowest BCUT2D eigenvalue weighted by Crippen LogP contribution is -2.39. The highest BCUT2D eigenvalue weighted by Crippen LogP contribution is 2.29. The Labute approximate surface area is 120 Å². The Kier molecular flexibility index (Phi) is 4.49. The van der Waals surface area contributed by atoms with Gasteiger partial charge in [0.1, 0.15) is 12.4 Å². The van der Waals surface area contributed by atoms with E-state index in [4.69, 9.17) is 10.5 Å². The summed E-state index contributed by atoms with van der Waals surface area (Å²) in [6.07, 6.45) is 0.889. The van der Waals surface area contributed by atoms with Crippen LogP contribution in [-0.4, -0.2) is 44.1 Å². The van der Waals surface area contributed by atoms with Crippen molar-refractivity contribution in [2.45, 2.75) is 13.3 Å².